The van der Waals surface area contributed by atoms with Gasteiger partial charge in [-0.05, 0) is 11.1 Å². The van der Waals surface area contributed by atoms with E-state index in [2.05, 4.69) is 5.32 Å². The van der Waals surface area contributed by atoms with Gasteiger partial charge in [-0.15, -0.1) is 0 Å². The summed E-state index contributed by atoms with van der Waals surface area (Å²) in [5.74, 6) is -0.905. The largest absolute Gasteiger partial charge is 0.386 e. The second-order valence-electron chi connectivity index (χ2n) is 5.27. The van der Waals surface area contributed by atoms with Gasteiger partial charge in [0.15, 0.2) is 0 Å². The Labute approximate surface area is 123 Å². The minimum atomic E-state index is -1.14. The molecule has 1 heterocycles. The van der Waals surface area contributed by atoms with Crippen LogP contribution in [0.4, 0.5) is 0 Å². The number of amides is 1. The first kappa shape index (κ1) is 13.8. The number of hydrogen-bond acceptors (Lipinski definition) is 3. The second-order valence-corrected chi connectivity index (χ2v) is 5.27. The molecular formula is C17H17NO3. The lowest BCUT2D eigenvalue weighted by atomic mass is 9.85. The van der Waals surface area contributed by atoms with E-state index in [0.717, 1.165) is 11.1 Å². The van der Waals surface area contributed by atoms with Crippen molar-refractivity contribution in [3.05, 3.63) is 71.8 Å². The monoisotopic (exact) mass is 283 g/mol. The summed E-state index contributed by atoms with van der Waals surface area (Å²) in [6.07, 6.45) is -2.01. The highest BCUT2D eigenvalue weighted by atomic mass is 16.3. The van der Waals surface area contributed by atoms with Crippen LogP contribution in [-0.2, 0) is 4.79 Å². The molecule has 1 saturated heterocycles. The van der Waals surface area contributed by atoms with E-state index in [-0.39, 0.29) is 0 Å². The average molecular weight is 283 g/mol. The normalized spacial score (nSPS) is 26.4. The molecule has 0 spiro atoms. The van der Waals surface area contributed by atoms with E-state index < -0.39 is 30.1 Å². The first-order chi connectivity index (χ1) is 10.2. The molecule has 1 fully saturated rings. The molecule has 2 aromatic carbocycles. The molecule has 2 aromatic rings. The van der Waals surface area contributed by atoms with Crippen LogP contribution in [0.1, 0.15) is 23.1 Å². The van der Waals surface area contributed by atoms with Crippen LogP contribution in [0.15, 0.2) is 60.7 Å². The number of carbonyl (C=O) groups excluding carboxylic acids is 1. The van der Waals surface area contributed by atoms with E-state index in [0.29, 0.717) is 0 Å². The zero-order valence-electron chi connectivity index (χ0n) is 11.4. The molecule has 0 aliphatic carbocycles. The summed E-state index contributed by atoms with van der Waals surface area (Å²) in [6.45, 7) is 0. The predicted molar refractivity (Wildman–Crippen MR) is 78.5 cm³/mol. The SMILES string of the molecule is O=C1N[C@H]([C@H](O)c2ccccc2)[C@H](c2ccccc2)[C@H]1O. The topological polar surface area (TPSA) is 69.6 Å². The molecular weight excluding hydrogens is 266 g/mol. The molecule has 0 bridgehead atoms. The van der Waals surface area contributed by atoms with Gasteiger partial charge in [-0.2, -0.15) is 0 Å². The number of aliphatic hydroxyl groups is 2. The molecule has 0 aromatic heterocycles. The summed E-state index contributed by atoms with van der Waals surface area (Å²) >= 11 is 0. The van der Waals surface area contributed by atoms with Crippen molar-refractivity contribution >= 4 is 5.91 Å². The fraction of sp³-hybridized carbons (Fsp3) is 0.235. The van der Waals surface area contributed by atoms with Gasteiger partial charge < -0.3 is 15.5 Å². The Kier molecular flexibility index (Phi) is 3.73. The second kappa shape index (κ2) is 5.68. The zero-order chi connectivity index (χ0) is 14.8. The predicted octanol–water partition coefficient (Wildman–Crippen LogP) is 1.36. The van der Waals surface area contributed by atoms with Crippen LogP contribution < -0.4 is 5.32 Å². The average Bonchev–Trinajstić information content (AvgIpc) is 2.84. The fourth-order valence-corrected chi connectivity index (χ4v) is 2.90. The van der Waals surface area contributed by atoms with E-state index in [9.17, 15) is 15.0 Å². The summed E-state index contributed by atoms with van der Waals surface area (Å²) in [6, 6.07) is 17.9. The standard InChI is InChI=1S/C17H17NO3/c19-15(12-9-5-2-6-10-12)14-13(16(20)17(21)18-14)11-7-3-1-4-8-11/h1-10,13-16,19-20H,(H,18,21)/t13-,14-,15+,16+/m0/s1. The molecule has 1 aliphatic heterocycles. The van der Waals surface area contributed by atoms with Gasteiger partial charge >= 0.3 is 0 Å². The number of rotatable bonds is 3. The van der Waals surface area contributed by atoms with Gasteiger partial charge in [-0.25, -0.2) is 0 Å². The van der Waals surface area contributed by atoms with E-state index in [1.807, 2.05) is 60.7 Å². The van der Waals surface area contributed by atoms with Crippen molar-refractivity contribution in [2.45, 2.75) is 24.2 Å². The van der Waals surface area contributed by atoms with Gasteiger partial charge in [0.1, 0.15) is 6.10 Å². The van der Waals surface area contributed by atoms with E-state index >= 15 is 0 Å². The van der Waals surface area contributed by atoms with Crippen LogP contribution in [0.2, 0.25) is 0 Å². The third-order valence-corrected chi connectivity index (χ3v) is 3.97. The zero-order valence-corrected chi connectivity index (χ0v) is 11.4. The molecule has 4 nitrogen and oxygen atoms in total. The quantitative estimate of drug-likeness (QED) is 0.796. The number of carbonyl (C=O) groups is 1. The van der Waals surface area contributed by atoms with E-state index in [1.165, 1.54) is 0 Å². The Bertz CT molecular complexity index is 614. The fourth-order valence-electron chi connectivity index (χ4n) is 2.90. The van der Waals surface area contributed by atoms with Crippen LogP contribution in [0.3, 0.4) is 0 Å². The molecule has 0 unspecified atom stereocenters. The van der Waals surface area contributed by atoms with Crippen molar-refractivity contribution in [1.82, 2.24) is 5.32 Å². The van der Waals surface area contributed by atoms with Crippen molar-refractivity contribution in [3.63, 3.8) is 0 Å². The molecule has 0 saturated carbocycles. The highest BCUT2D eigenvalue weighted by Crippen LogP contribution is 2.35. The Morgan fingerprint density at radius 3 is 2.14 bits per heavy atom. The van der Waals surface area contributed by atoms with Gasteiger partial charge in [-0.3, -0.25) is 4.79 Å². The highest BCUT2D eigenvalue weighted by molar-refractivity contribution is 5.85. The lowest BCUT2D eigenvalue weighted by Crippen LogP contribution is -2.34. The highest BCUT2D eigenvalue weighted by Gasteiger charge is 2.45. The van der Waals surface area contributed by atoms with Crippen LogP contribution in [0.5, 0.6) is 0 Å². The molecule has 108 valence electrons. The van der Waals surface area contributed by atoms with Crippen molar-refractivity contribution in [1.29, 1.82) is 0 Å². The van der Waals surface area contributed by atoms with Crippen molar-refractivity contribution < 1.29 is 15.0 Å². The minimum Gasteiger partial charge on any atom is -0.386 e. The molecule has 4 atom stereocenters. The van der Waals surface area contributed by atoms with Gasteiger partial charge in [0.05, 0.1) is 12.1 Å². The Hall–Kier alpha value is -2.17. The maximum atomic E-state index is 11.8. The minimum absolute atomic E-state index is 0.441. The van der Waals surface area contributed by atoms with Crippen molar-refractivity contribution in [2.24, 2.45) is 0 Å². The number of aliphatic hydroxyl groups excluding tert-OH is 2. The Morgan fingerprint density at radius 1 is 0.952 bits per heavy atom. The Morgan fingerprint density at radius 2 is 1.52 bits per heavy atom. The maximum absolute atomic E-state index is 11.8. The van der Waals surface area contributed by atoms with Crippen molar-refractivity contribution in [3.8, 4) is 0 Å². The summed E-state index contributed by atoms with van der Waals surface area (Å²) in [5, 5.41) is 23.4. The van der Waals surface area contributed by atoms with Crippen molar-refractivity contribution in [2.75, 3.05) is 0 Å². The summed E-state index contributed by atoms with van der Waals surface area (Å²) in [4.78, 5) is 11.8. The number of benzene rings is 2. The van der Waals surface area contributed by atoms with E-state index in [1.54, 1.807) is 0 Å². The van der Waals surface area contributed by atoms with Gasteiger partial charge in [0.25, 0.3) is 0 Å². The smallest absolute Gasteiger partial charge is 0.249 e. The molecule has 3 N–H and O–H groups in total. The lowest BCUT2D eigenvalue weighted by Gasteiger charge is -2.25. The van der Waals surface area contributed by atoms with Gasteiger partial charge in [0, 0.05) is 5.92 Å². The van der Waals surface area contributed by atoms with Crippen LogP contribution in [0, 0.1) is 0 Å². The Balaban J connectivity index is 1.95. The summed E-state index contributed by atoms with van der Waals surface area (Å²) in [7, 11) is 0. The number of nitrogens with one attached hydrogen (secondary N) is 1. The summed E-state index contributed by atoms with van der Waals surface area (Å²) in [5.41, 5.74) is 1.56. The molecule has 1 aliphatic rings. The van der Waals surface area contributed by atoms with Gasteiger partial charge in [0.2, 0.25) is 5.91 Å². The van der Waals surface area contributed by atoms with Crippen LogP contribution >= 0.6 is 0 Å². The lowest BCUT2D eigenvalue weighted by molar-refractivity contribution is -0.126. The molecule has 0 radical (unpaired) electrons. The molecule has 21 heavy (non-hydrogen) atoms. The first-order valence-electron chi connectivity index (χ1n) is 6.95. The first-order valence-corrected chi connectivity index (χ1v) is 6.95. The molecule has 3 rings (SSSR count). The maximum Gasteiger partial charge on any atom is 0.249 e. The third-order valence-electron chi connectivity index (χ3n) is 3.97. The van der Waals surface area contributed by atoms with E-state index in [4.69, 9.17) is 0 Å². The third kappa shape index (κ3) is 2.55. The molecule has 4 heteroatoms. The van der Waals surface area contributed by atoms with Crippen LogP contribution in [-0.4, -0.2) is 28.3 Å². The molecule has 1 amide bonds. The van der Waals surface area contributed by atoms with Crippen LogP contribution in [0.25, 0.3) is 0 Å². The summed E-state index contributed by atoms with van der Waals surface area (Å²) < 4.78 is 0. The number of hydrogen-bond donors (Lipinski definition) is 3. The van der Waals surface area contributed by atoms with Gasteiger partial charge in [-0.1, -0.05) is 60.7 Å².